The zero-order valence-corrected chi connectivity index (χ0v) is 11.7. The Morgan fingerprint density at radius 2 is 2.05 bits per heavy atom. The van der Waals surface area contributed by atoms with E-state index in [9.17, 15) is 4.79 Å². The van der Waals surface area contributed by atoms with Crippen molar-refractivity contribution in [1.82, 2.24) is 15.0 Å². The Hall–Kier alpha value is -2.69. The minimum atomic E-state index is -0.941. The molecule has 0 aliphatic rings. The highest BCUT2D eigenvalue weighted by molar-refractivity contribution is 5.92. The van der Waals surface area contributed by atoms with Crippen molar-refractivity contribution in [2.45, 2.75) is 19.9 Å². The second kappa shape index (κ2) is 5.36. The van der Waals surface area contributed by atoms with E-state index >= 15 is 0 Å². The molecule has 0 bridgehead atoms. The van der Waals surface area contributed by atoms with Crippen molar-refractivity contribution in [2.24, 2.45) is 0 Å². The number of benzene rings is 2. The first-order chi connectivity index (χ1) is 10.1. The van der Waals surface area contributed by atoms with E-state index in [1.807, 2.05) is 12.1 Å². The standard InChI is InChI=1S/C16H15N3O2/c1-11-4-2-3-5-12(11)8-9-19-15-10-13(16(20)21)6-7-14(15)17-18-19/h2-7,10H,8-9H2,1H3,(H,20,21). The van der Waals surface area contributed by atoms with Gasteiger partial charge in [0.2, 0.25) is 0 Å². The fourth-order valence-corrected chi connectivity index (χ4v) is 2.38. The molecule has 0 saturated heterocycles. The summed E-state index contributed by atoms with van der Waals surface area (Å²) in [6, 6.07) is 13.1. The minimum Gasteiger partial charge on any atom is -0.478 e. The molecule has 0 fully saturated rings. The molecule has 5 heteroatoms. The lowest BCUT2D eigenvalue weighted by atomic mass is 10.1. The van der Waals surface area contributed by atoms with Gasteiger partial charge < -0.3 is 5.11 Å². The summed E-state index contributed by atoms with van der Waals surface area (Å²) in [5.74, 6) is -0.941. The smallest absolute Gasteiger partial charge is 0.335 e. The Kier molecular flexibility index (Phi) is 3.39. The Labute approximate surface area is 121 Å². The molecular formula is C16H15N3O2. The number of nitrogens with zero attached hydrogens (tertiary/aromatic N) is 3. The number of carboxylic acid groups (broad SMARTS) is 1. The zero-order valence-electron chi connectivity index (χ0n) is 11.7. The van der Waals surface area contributed by atoms with E-state index in [0.717, 1.165) is 11.9 Å². The summed E-state index contributed by atoms with van der Waals surface area (Å²) in [5.41, 5.74) is 4.22. The van der Waals surface area contributed by atoms with Crippen molar-refractivity contribution < 1.29 is 9.90 Å². The Bertz CT molecular complexity index is 808. The van der Waals surface area contributed by atoms with Gasteiger partial charge in [-0.1, -0.05) is 29.5 Å². The maximum atomic E-state index is 11.1. The van der Waals surface area contributed by atoms with Gasteiger partial charge in [0.05, 0.1) is 11.1 Å². The number of aromatic nitrogens is 3. The fraction of sp³-hybridized carbons (Fsp3) is 0.188. The predicted molar refractivity (Wildman–Crippen MR) is 79.4 cm³/mol. The molecule has 0 spiro atoms. The monoisotopic (exact) mass is 281 g/mol. The molecule has 0 radical (unpaired) electrons. The van der Waals surface area contributed by atoms with Gasteiger partial charge >= 0.3 is 5.97 Å². The Balaban J connectivity index is 1.89. The first-order valence-electron chi connectivity index (χ1n) is 6.76. The van der Waals surface area contributed by atoms with Gasteiger partial charge in [0.1, 0.15) is 5.52 Å². The molecule has 3 aromatic rings. The van der Waals surface area contributed by atoms with E-state index in [0.29, 0.717) is 12.1 Å². The van der Waals surface area contributed by atoms with Crippen LogP contribution >= 0.6 is 0 Å². The molecule has 21 heavy (non-hydrogen) atoms. The summed E-state index contributed by atoms with van der Waals surface area (Å²) in [4.78, 5) is 11.1. The molecule has 0 aliphatic carbocycles. The predicted octanol–water partition coefficient (Wildman–Crippen LogP) is 2.68. The number of aryl methyl sites for hydroxylation is 3. The number of carbonyl (C=O) groups is 1. The van der Waals surface area contributed by atoms with E-state index in [2.05, 4.69) is 29.4 Å². The van der Waals surface area contributed by atoms with Gasteiger partial charge in [-0.3, -0.25) is 0 Å². The molecule has 3 rings (SSSR count). The summed E-state index contributed by atoms with van der Waals surface area (Å²) in [5, 5.41) is 17.3. The number of carboxylic acids is 1. The third-order valence-corrected chi connectivity index (χ3v) is 3.62. The topological polar surface area (TPSA) is 68.0 Å². The third kappa shape index (κ3) is 2.63. The van der Waals surface area contributed by atoms with Crippen LogP contribution in [0.3, 0.4) is 0 Å². The number of hydrogen-bond acceptors (Lipinski definition) is 3. The van der Waals surface area contributed by atoms with Gasteiger partial charge in [-0.25, -0.2) is 9.48 Å². The molecule has 0 unspecified atom stereocenters. The van der Waals surface area contributed by atoms with Gasteiger partial charge in [0.15, 0.2) is 0 Å². The average Bonchev–Trinajstić information content (AvgIpc) is 2.88. The summed E-state index contributed by atoms with van der Waals surface area (Å²) >= 11 is 0. The van der Waals surface area contributed by atoms with Crippen LogP contribution in [0.1, 0.15) is 21.5 Å². The third-order valence-electron chi connectivity index (χ3n) is 3.62. The SMILES string of the molecule is Cc1ccccc1CCn1nnc2ccc(C(=O)O)cc21. The highest BCUT2D eigenvalue weighted by Gasteiger charge is 2.09. The van der Waals surface area contributed by atoms with Gasteiger partial charge in [-0.05, 0) is 42.7 Å². The van der Waals surface area contributed by atoms with E-state index < -0.39 is 5.97 Å². The molecular weight excluding hydrogens is 266 g/mol. The van der Waals surface area contributed by atoms with Crippen LogP contribution in [0.25, 0.3) is 11.0 Å². The first-order valence-corrected chi connectivity index (χ1v) is 6.76. The number of aromatic carboxylic acids is 1. The van der Waals surface area contributed by atoms with E-state index in [1.54, 1.807) is 22.9 Å². The molecule has 1 aromatic heterocycles. The van der Waals surface area contributed by atoms with Crippen molar-refractivity contribution in [1.29, 1.82) is 0 Å². The molecule has 0 amide bonds. The van der Waals surface area contributed by atoms with Gasteiger partial charge in [0.25, 0.3) is 0 Å². The molecule has 106 valence electrons. The number of hydrogen-bond donors (Lipinski definition) is 1. The molecule has 0 aliphatic heterocycles. The van der Waals surface area contributed by atoms with Crippen LogP contribution in [-0.2, 0) is 13.0 Å². The van der Waals surface area contributed by atoms with Crippen LogP contribution < -0.4 is 0 Å². The van der Waals surface area contributed by atoms with Gasteiger partial charge in [0, 0.05) is 6.54 Å². The average molecular weight is 281 g/mol. The molecule has 5 nitrogen and oxygen atoms in total. The second-order valence-electron chi connectivity index (χ2n) is 5.00. The number of fused-ring (bicyclic) bond motifs is 1. The normalized spacial score (nSPS) is 10.9. The maximum Gasteiger partial charge on any atom is 0.335 e. The van der Waals surface area contributed by atoms with E-state index in [4.69, 9.17) is 5.11 Å². The lowest BCUT2D eigenvalue weighted by molar-refractivity contribution is 0.0697. The minimum absolute atomic E-state index is 0.252. The van der Waals surface area contributed by atoms with Crippen molar-refractivity contribution >= 4 is 17.0 Å². The van der Waals surface area contributed by atoms with Crippen LogP contribution in [-0.4, -0.2) is 26.1 Å². The van der Waals surface area contributed by atoms with Crippen LogP contribution in [0.4, 0.5) is 0 Å². The van der Waals surface area contributed by atoms with Gasteiger partial charge in [-0.15, -0.1) is 5.10 Å². The molecule has 0 saturated carbocycles. The number of rotatable bonds is 4. The van der Waals surface area contributed by atoms with Crippen LogP contribution in [0, 0.1) is 6.92 Å². The van der Waals surface area contributed by atoms with Crippen molar-refractivity contribution in [2.75, 3.05) is 0 Å². The molecule has 2 aromatic carbocycles. The van der Waals surface area contributed by atoms with Crippen LogP contribution in [0.2, 0.25) is 0 Å². The Morgan fingerprint density at radius 3 is 2.81 bits per heavy atom. The Morgan fingerprint density at radius 1 is 1.24 bits per heavy atom. The summed E-state index contributed by atoms with van der Waals surface area (Å²) in [6.45, 7) is 2.75. The van der Waals surface area contributed by atoms with Crippen molar-refractivity contribution in [3.63, 3.8) is 0 Å². The van der Waals surface area contributed by atoms with Crippen molar-refractivity contribution in [3.05, 3.63) is 59.2 Å². The van der Waals surface area contributed by atoms with Gasteiger partial charge in [-0.2, -0.15) is 0 Å². The zero-order chi connectivity index (χ0) is 14.8. The summed E-state index contributed by atoms with van der Waals surface area (Å²) in [7, 11) is 0. The van der Waals surface area contributed by atoms with Crippen LogP contribution in [0.15, 0.2) is 42.5 Å². The second-order valence-corrected chi connectivity index (χ2v) is 5.00. The van der Waals surface area contributed by atoms with Crippen molar-refractivity contribution in [3.8, 4) is 0 Å². The molecule has 0 atom stereocenters. The molecule has 1 heterocycles. The largest absolute Gasteiger partial charge is 0.478 e. The highest BCUT2D eigenvalue weighted by atomic mass is 16.4. The first kappa shape index (κ1) is 13.3. The lowest BCUT2D eigenvalue weighted by Gasteiger charge is -2.06. The highest BCUT2D eigenvalue weighted by Crippen LogP contribution is 2.15. The quantitative estimate of drug-likeness (QED) is 0.798. The summed E-state index contributed by atoms with van der Waals surface area (Å²) < 4.78 is 1.76. The fourth-order valence-electron chi connectivity index (χ4n) is 2.38. The van der Waals surface area contributed by atoms with E-state index in [1.165, 1.54) is 11.1 Å². The summed E-state index contributed by atoms with van der Waals surface area (Å²) in [6.07, 6.45) is 0.836. The van der Waals surface area contributed by atoms with E-state index in [-0.39, 0.29) is 5.56 Å². The maximum absolute atomic E-state index is 11.1. The van der Waals surface area contributed by atoms with Crippen LogP contribution in [0.5, 0.6) is 0 Å². The lowest BCUT2D eigenvalue weighted by Crippen LogP contribution is -2.05. The molecule has 1 N–H and O–H groups in total.